The number of likely N-dealkylation sites (tertiary alicyclic amines) is 1. The number of carbonyl (C=O) groups excluding carboxylic acids is 1. The summed E-state index contributed by atoms with van der Waals surface area (Å²) in [5, 5.41) is 0. The molecule has 12 heavy (non-hydrogen) atoms. The van der Waals surface area contributed by atoms with Crippen LogP contribution >= 0.6 is 0 Å². The van der Waals surface area contributed by atoms with Crippen LogP contribution < -0.4 is 0 Å². The fraction of sp³-hybridized carbons (Fsp3) is 0.900. The molecular formula is C10H23NO. The van der Waals surface area contributed by atoms with Gasteiger partial charge in [0, 0.05) is 20.0 Å². The van der Waals surface area contributed by atoms with Crippen LogP contribution in [0.25, 0.3) is 0 Å². The van der Waals surface area contributed by atoms with Gasteiger partial charge in [0.25, 0.3) is 0 Å². The molecule has 2 heteroatoms. The Balaban J connectivity index is 0. The van der Waals surface area contributed by atoms with Crippen molar-refractivity contribution in [1.82, 2.24) is 4.90 Å². The highest BCUT2D eigenvalue weighted by Crippen LogP contribution is 2.12. The molecule has 0 unspecified atom stereocenters. The second-order valence-corrected chi connectivity index (χ2v) is 2.53. The minimum Gasteiger partial charge on any atom is -0.342 e. The summed E-state index contributed by atoms with van der Waals surface area (Å²) < 4.78 is 0. The Morgan fingerprint density at radius 2 is 1.50 bits per heavy atom. The monoisotopic (exact) mass is 173 g/mol. The number of carbonyl (C=O) groups is 1. The van der Waals surface area contributed by atoms with Gasteiger partial charge in [0.2, 0.25) is 5.91 Å². The van der Waals surface area contributed by atoms with E-state index in [4.69, 9.17) is 0 Å². The second kappa shape index (κ2) is 8.57. The highest BCUT2D eigenvalue weighted by atomic mass is 16.2. The van der Waals surface area contributed by atoms with Gasteiger partial charge < -0.3 is 4.90 Å². The minimum absolute atomic E-state index is 0.211. The van der Waals surface area contributed by atoms with Crippen molar-refractivity contribution < 1.29 is 4.79 Å². The minimum atomic E-state index is 0.211. The third-order valence-electron chi connectivity index (χ3n) is 1.51. The first-order chi connectivity index (χ1) is 5.70. The third-order valence-corrected chi connectivity index (χ3v) is 1.51. The number of hydrogen-bond acceptors (Lipinski definition) is 1. The van der Waals surface area contributed by atoms with Crippen LogP contribution in [0.4, 0.5) is 0 Å². The molecule has 1 aliphatic rings. The fourth-order valence-corrected chi connectivity index (χ4v) is 0.956. The number of nitrogens with zero attached hydrogens (tertiary/aromatic N) is 1. The lowest BCUT2D eigenvalue weighted by Gasteiger charge is -2.36. The number of hydrogen-bond donors (Lipinski definition) is 0. The van der Waals surface area contributed by atoms with Crippen LogP contribution in [0.5, 0.6) is 0 Å². The zero-order valence-corrected chi connectivity index (χ0v) is 9.35. The molecule has 0 N–H and O–H groups in total. The Kier molecular flexibility index (Phi) is 10.0. The van der Waals surface area contributed by atoms with Gasteiger partial charge in [-0.1, -0.05) is 34.6 Å². The van der Waals surface area contributed by atoms with Crippen molar-refractivity contribution >= 4 is 5.91 Å². The van der Waals surface area contributed by atoms with Gasteiger partial charge in [-0.15, -0.1) is 0 Å². The average molecular weight is 173 g/mol. The molecular weight excluding hydrogens is 150 g/mol. The zero-order valence-electron chi connectivity index (χ0n) is 9.35. The van der Waals surface area contributed by atoms with Crippen LogP contribution in [0.2, 0.25) is 0 Å². The van der Waals surface area contributed by atoms with Crippen molar-refractivity contribution in [3.8, 4) is 0 Å². The first kappa shape index (κ1) is 14.0. The topological polar surface area (TPSA) is 20.3 Å². The van der Waals surface area contributed by atoms with E-state index in [1.165, 1.54) is 0 Å². The van der Waals surface area contributed by atoms with E-state index in [0.29, 0.717) is 0 Å². The summed E-state index contributed by atoms with van der Waals surface area (Å²) >= 11 is 0. The number of rotatable bonds is 0. The zero-order chi connectivity index (χ0) is 10.1. The van der Waals surface area contributed by atoms with E-state index in [-0.39, 0.29) is 5.91 Å². The van der Waals surface area contributed by atoms with Crippen LogP contribution in [0, 0.1) is 5.92 Å². The number of amides is 1. The highest BCUT2D eigenvalue weighted by molar-refractivity contribution is 5.74. The van der Waals surface area contributed by atoms with Crippen LogP contribution in [0.1, 0.15) is 41.5 Å². The van der Waals surface area contributed by atoms with E-state index in [9.17, 15) is 4.79 Å². The molecule has 0 aromatic carbocycles. The standard InChI is InChI=1S/C6H11NO.2C2H6/c1-5-3-7(4-5)6(2)8;2*1-2/h5H,3-4H2,1-2H3;2*1-2H3. The lowest BCUT2D eigenvalue weighted by Crippen LogP contribution is -2.47. The molecule has 2 nitrogen and oxygen atoms in total. The van der Waals surface area contributed by atoms with Gasteiger partial charge in [0.1, 0.15) is 0 Å². The van der Waals surface area contributed by atoms with Gasteiger partial charge >= 0.3 is 0 Å². The molecule has 0 bridgehead atoms. The first-order valence-corrected chi connectivity index (χ1v) is 4.95. The van der Waals surface area contributed by atoms with Gasteiger partial charge in [-0.3, -0.25) is 4.79 Å². The van der Waals surface area contributed by atoms with Crippen LogP contribution in [0.15, 0.2) is 0 Å². The Morgan fingerprint density at radius 1 is 1.17 bits per heavy atom. The van der Waals surface area contributed by atoms with Gasteiger partial charge in [-0.05, 0) is 5.92 Å². The predicted octanol–water partition coefficient (Wildman–Crippen LogP) is 2.54. The lowest BCUT2D eigenvalue weighted by atomic mass is 10.0. The van der Waals surface area contributed by atoms with Gasteiger partial charge in [-0.2, -0.15) is 0 Å². The van der Waals surface area contributed by atoms with Crippen LogP contribution in [-0.4, -0.2) is 23.9 Å². The summed E-state index contributed by atoms with van der Waals surface area (Å²) in [5.41, 5.74) is 0. The van der Waals surface area contributed by atoms with Crippen LogP contribution in [0.3, 0.4) is 0 Å². The lowest BCUT2D eigenvalue weighted by molar-refractivity contribution is -0.134. The predicted molar refractivity (Wildman–Crippen MR) is 54.1 cm³/mol. The Bertz CT molecular complexity index is 106. The maximum absolute atomic E-state index is 10.5. The van der Waals surface area contributed by atoms with E-state index in [0.717, 1.165) is 19.0 Å². The normalized spacial score (nSPS) is 14.7. The first-order valence-electron chi connectivity index (χ1n) is 4.95. The Hall–Kier alpha value is -0.530. The Morgan fingerprint density at radius 3 is 1.58 bits per heavy atom. The maximum atomic E-state index is 10.5. The van der Waals surface area contributed by atoms with Crippen molar-refractivity contribution in [2.75, 3.05) is 13.1 Å². The summed E-state index contributed by atoms with van der Waals surface area (Å²) in [4.78, 5) is 12.3. The van der Waals surface area contributed by atoms with Gasteiger partial charge in [-0.25, -0.2) is 0 Å². The molecule has 1 rings (SSSR count). The van der Waals surface area contributed by atoms with Crippen molar-refractivity contribution in [3.05, 3.63) is 0 Å². The van der Waals surface area contributed by atoms with E-state index in [1.54, 1.807) is 6.92 Å². The summed E-state index contributed by atoms with van der Waals surface area (Å²) in [6, 6.07) is 0. The molecule has 0 spiro atoms. The van der Waals surface area contributed by atoms with Crippen LogP contribution in [-0.2, 0) is 4.79 Å². The van der Waals surface area contributed by atoms with E-state index >= 15 is 0 Å². The van der Waals surface area contributed by atoms with E-state index in [2.05, 4.69) is 6.92 Å². The molecule has 0 aromatic heterocycles. The molecule has 0 atom stereocenters. The van der Waals surface area contributed by atoms with Gasteiger partial charge in [0.15, 0.2) is 0 Å². The summed E-state index contributed by atoms with van der Waals surface area (Å²) in [7, 11) is 0. The van der Waals surface area contributed by atoms with E-state index < -0.39 is 0 Å². The largest absolute Gasteiger partial charge is 0.342 e. The van der Waals surface area contributed by atoms with Crippen molar-refractivity contribution in [3.63, 3.8) is 0 Å². The summed E-state index contributed by atoms with van der Waals surface area (Å²) in [5.74, 6) is 0.946. The molecule has 74 valence electrons. The summed E-state index contributed by atoms with van der Waals surface area (Å²) in [6.07, 6.45) is 0. The fourth-order valence-electron chi connectivity index (χ4n) is 0.956. The Labute approximate surface area is 77.0 Å². The SMILES string of the molecule is CC.CC.CC(=O)N1CC(C)C1. The molecule has 1 saturated heterocycles. The highest BCUT2D eigenvalue weighted by Gasteiger charge is 2.23. The molecule has 0 aromatic rings. The second-order valence-electron chi connectivity index (χ2n) is 2.53. The maximum Gasteiger partial charge on any atom is 0.219 e. The molecule has 0 aliphatic carbocycles. The summed E-state index contributed by atoms with van der Waals surface area (Å²) in [6.45, 7) is 13.7. The molecule has 1 heterocycles. The molecule has 0 radical (unpaired) electrons. The third kappa shape index (κ3) is 5.16. The smallest absolute Gasteiger partial charge is 0.219 e. The molecule has 1 fully saturated rings. The molecule has 1 amide bonds. The average Bonchev–Trinajstić information content (AvgIpc) is 2.06. The van der Waals surface area contributed by atoms with Gasteiger partial charge in [0.05, 0.1) is 0 Å². The van der Waals surface area contributed by atoms with Crippen molar-refractivity contribution in [2.24, 2.45) is 5.92 Å². The van der Waals surface area contributed by atoms with Crippen molar-refractivity contribution in [1.29, 1.82) is 0 Å². The molecule has 0 saturated carbocycles. The van der Waals surface area contributed by atoms with E-state index in [1.807, 2.05) is 32.6 Å². The van der Waals surface area contributed by atoms with Crippen molar-refractivity contribution in [2.45, 2.75) is 41.5 Å². The molecule has 1 aliphatic heterocycles. The quantitative estimate of drug-likeness (QED) is 0.551.